The van der Waals surface area contributed by atoms with Gasteiger partial charge in [0.2, 0.25) is 0 Å². The van der Waals surface area contributed by atoms with Gasteiger partial charge < -0.3 is 4.74 Å². The summed E-state index contributed by atoms with van der Waals surface area (Å²) < 4.78 is 46.4. The summed E-state index contributed by atoms with van der Waals surface area (Å²) in [5, 5.41) is 5.25. The smallest absolute Gasteiger partial charge is 0.387 e. The number of benzene rings is 1. The molecule has 9 heteroatoms. The number of alkyl halides is 2. The summed E-state index contributed by atoms with van der Waals surface area (Å²) in [5.74, 6) is -1.40. The van der Waals surface area contributed by atoms with Gasteiger partial charge in [-0.05, 0) is 30.8 Å². The Labute approximate surface area is 163 Å². The van der Waals surface area contributed by atoms with Crippen molar-refractivity contribution in [1.82, 2.24) is 14.5 Å². The Balaban J connectivity index is 1.97. The number of rotatable bonds is 2. The monoisotopic (exact) mass is 415 g/mol. The molecule has 3 aromatic rings. The zero-order valence-electron chi connectivity index (χ0n) is 14.1. The zero-order chi connectivity index (χ0) is 19.3. The van der Waals surface area contributed by atoms with E-state index in [1.807, 2.05) is 11.9 Å². The first-order valence-electron chi connectivity index (χ1n) is 8.12. The molecule has 27 heavy (non-hydrogen) atoms. The van der Waals surface area contributed by atoms with Crippen LogP contribution in [0.3, 0.4) is 0 Å². The lowest BCUT2D eigenvalue weighted by molar-refractivity contribution is -0.0528. The highest BCUT2D eigenvalue weighted by molar-refractivity contribution is 6.31. The van der Waals surface area contributed by atoms with E-state index in [9.17, 15) is 13.2 Å². The van der Waals surface area contributed by atoms with E-state index in [-0.39, 0.29) is 11.4 Å². The quantitative estimate of drug-likeness (QED) is 0.594. The molecule has 0 spiro atoms. The third-order valence-electron chi connectivity index (χ3n) is 4.59. The first-order valence-corrected chi connectivity index (χ1v) is 8.88. The SMILES string of the molecule is CN1Cc2nn3ccc(Cl)cc3c2Cc2c(c(Cl)cc(F)c2OC(F)F)C1. The molecule has 142 valence electrons. The summed E-state index contributed by atoms with van der Waals surface area (Å²) in [6, 6.07) is 4.46. The maximum atomic E-state index is 14.4. The molecule has 1 aliphatic rings. The average Bonchev–Trinajstić information content (AvgIpc) is 2.88. The molecule has 0 saturated carbocycles. The Morgan fingerprint density at radius 3 is 2.67 bits per heavy atom. The van der Waals surface area contributed by atoms with Crippen molar-refractivity contribution in [2.24, 2.45) is 0 Å². The van der Waals surface area contributed by atoms with Gasteiger partial charge in [0.25, 0.3) is 0 Å². The average molecular weight is 416 g/mol. The van der Waals surface area contributed by atoms with Gasteiger partial charge in [0.1, 0.15) is 0 Å². The van der Waals surface area contributed by atoms with E-state index in [2.05, 4.69) is 9.84 Å². The highest BCUT2D eigenvalue weighted by Gasteiger charge is 2.27. The largest absolute Gasteiger partial charge is 0.431 e. The second-order valence-corrected chi connectivity index (χ2v) is 7.30. The number of hydrogen-bond acceptors (Lipinski definition) is 3. The predicted molar refractivity (Wildman–Crippen MR) is 96.2 cm³/mol. The number of halogens is 5. The van der Waals surface area contributed by atoms with Crippen LogP contribution in [0.5, 0.6) is 5.75 Å². The van der Waals surface area contributed by atoms with Crippen molar-refractivity contribution in [2.75, 3.05) is 7.05 Å². The maximum Gasteiger partial charge on any atom is 0.387 e. The van der Waals surface area contributed by atoms with Crippen molar-refractivity contribution in [3.63, 3.8) is 0 Å². The minimum absolute atomic E-state index is 0.155. The summed E-state index contributed by atoms with van der Waals surface area (Å²) in [4.78, 5) is 1.93. The van der Waals surface area contributed by atoms with Crippen molar-refractivity contribution in [3.8, 4) is 5.75 Å². The van der Waals surface area contributed by atoms with Crippen LogP contribution in [0.2, 0.25) is 10.0 Å². The molecule has 2 aromatic heterocycles. The van der Waals surface area contributed by atoms with Crippen molar-refractivity contribution < 1.29 is 17.9 Å². The van der Waals surface area contributed by atoms with E-state index >= 15 is 0 Å². The second kappa shape index (κ2) is 6.89. The fourth-order valence-electron chi connectivity index (χ4n) is 3.46. The Hall–Kier alpha value is -1.96. The van der Waals surface area contributed by atoms with E-state index in [0.29, 0.717) is 29.2 Å². The van der Waals surface area contributed by atoms with Crippen LogP contribution in [0.1, 0.15) is 22.4 Å². The van der Waals surface area contributed by atoms with Crippen LogP contribution in [0.15, 0.2) is 24.4 Å². The van der Waals surface area contributed by atoms with Gasteiger partial charge in [-0.25, -0.2) is 8.91 Å². The third kappa shape index (κ3) is 3.35. The minimum Gasteiger partial charge on any atom is -0.431 e. The third-order valence-corrected chi connectivity index (χ3v) is 5.16. The lowest BCUT2D eigenvalue weighted by Gasteiger charge is -2.24. The van der Waals surface area contributed by atoms with Gasteiger partial charge in [0.15, 0.2) is 11.6 Å². The summed E-state index contributed by atoms with van der Waals surface area (Å²) >= 11 is 12.4. The molecule has 1 aromatic carbocycles. The highest BCUT2D eigenvalue weighted by Crippen LogP contribution is 2.38. The molecule has 1 aliphatic heterocycles. The fraction of sp³-hybridized carbons (Fsp3) is 0.278. The van der Waals surface area contributed by atoms with E-state index in [0.717, 1.165) is 22.8 Å². The van der Waals surface area contributed by atoms with Crippen LogP contribution >= 0.6 is 23.2 Å². The Morgan fingerprint density at radius 1 is 1.15 bits per heavy atom. The number of hydrogen-bond donors (Lipinski definition) is 0. The van der Waals surface area contributed by atoms with E-state index in [1.165, 1.54) is 0 Å². The van der Waals surface area contributed by atoms with Gasteiger partial charge >= 0.3 is 6.61 Å². The van der Waals surface area contributed by atoms with Gasteiger partial charge in [0.05, 0.1) is 11.2 Å². The van der Waals surface area contributed by atoms with Crippen LogP contribution < -0.4 is 4.74 Å². The van der Waals surface area contributed by atoms with Crippen LogP contribution in [0.25, 0.3) is 5.52 Å². The number of fused-ring (bicyclic) bond motifs is 4. The fourth-order valence-corrected chi connectivity index (χ4v) is 3.89. The summed E-state index contributed by atoms with van der Waals surface area (Å²) in [6.07, 6.45) is 1.88. The molecule has 0 N–H and O–H groups in total. The molecule has 0 atom stereocenters. The summed E-state index contributed by atoms with van der Waals surface area (Å²) in [7, 11) is 1.85. The first kappa shape index (κ1) is 18.4. The molecule has 0 unspecified atom stereocenters. The van der Waals surface area contributed by atoms with E-state index in [4.69, 9.17) is 23.2 Å². The molecule has 4 nitrogen and oxygen atoms in total. The van der Waals surface area contributed by atoms with Gasteiger partial charge in [-0.2, -0.15) is 13.9 Å². The van der Waals surface area contributed by atoms with Gasteiger partial charge in [0, 0.05) is 46.9 Å². The standard InChI is InChI=1S/C18H14Cl2F3N3O/c1-25-7-12-10(17(27-18(22)23)14(21)6-13(12)20)5-11-15(8-25)24-26-3-2-9(19)4-16(11)26/h2-4,6,18H,5,7-8H2,1H3. The highest BCUT2D eigenvalue weighted by atomic mass is 35.5. The van der Waals surface area contributed by atoms with Crippen molar-refractivity contribution in [3.05, 3.63) is 62.6 Å². The van der Waals surface area contributed by atoms with Crippen LogP contribution in [0.4, 0.5) is 13.2 Å². The predicted octanol–water partition coefficient (Wildman–Crippen LogP) is 4.92. The van der Waals surface area contributed by atoms with Gasteiger partial charge in [-0.15, -0.1) is 0 Å². The summed E-state index contributed by atoms with van der Waals surface area (Å²) in [5.41, 5.74) is 3.10. The molecule has 0 aliphatic carbocycles. The number of pyridine rings is 1. The van der Waals surface area contributed by atoms with E-state index < -0.39 is 18.2 Å². The number of nitrogens with zero attached hydrogens (tertiary/aromatic N) is 3. The first-order chi connectivity index (χ1) is 12.8. The number of aromatic nitrogens is 2. The zero-order valence-corrected chi connectivity index (χ0v) is 15.7. The molecule has 0 amide bonds. The van der Waals surface area contributed by atoms with Crippen LogP contribution in [-0.4, -0.2) is 28.2 Å². The van der Waals surface area contributed by atoms with Crippen molar-refractivity contribution in [2.45, 2.75) is 26.1 Å². The topological polar surface area (TPSA) is 29.8 Å². The Morgan fingerprint density at radius 2 is 1.93 bits per heavy atom. The lowest BCUT2D eigenvalue weighted by atomic mass is 9.95. The van der Waals surface area contributed by atoms with Crippen LogP contribution in [-0.2, 0) is 19.5 Å². The molecular formula is C18H14Cl2F3N3O. The second-order valence-electron chi connectivity index (χ2n) is 6.45. The molecule has 3 heterocycles. The maximum absolute atomic E-state index is 14.4. The Bertz CT molecular complexity index is 1020. The molecular weight excluding hydrogens is 402 g/mol. The number of ether oxygens (including phenoxy) is 1. The van der Waals surface area contributed by atoms with Gasteiger partial charge in [-0.3, -0.25) is 4.90 Å². The molecule has 0 fully saturated rings. The molecule has 0 saturated heterocycles. The summed E-state index contributed by atoms with van der Waals surface area (Å²) in [6.45, 7) is -2.28. The van der Waals surface area contributed by atoms with Gasteiger partial charge in [-0.1, -0.05) is 23.2 Å². The molecule has 4 rings (SSSR count). The Kier molecular flexibility index (Phi) is 4.70. The van der Waals surface area contributed by atoms with E-state index in [1.54, 1.807) is 22.8 Å². The normalized spacial score (nSPS) is 14.8. The molecule has 0 radical (unpaired) electrons. The molecule has 0 bridgehead atoms. The van der Waals surface area contributed by atoms with Crippen molar-refractivity contribution in [1.29, 1.82) is 0 Å². The minimum atomic E-state index is -3.15. The lowest BCUT2D eigenvalue weighted by Crippen LogP contribution is -2.23. The van der Waals surface area contributed by atoms with Crippen molar-refractivity contribution >= 4 is 28.7 Å². The van der Waals surface area contributed by atoms with Crippen LogP contribution in [0, 0.1) is 5.82 Å².